The van der Waals surface area contributed by atoms with Crippen LogP contribution in [0.3, 0.4) is 0 Å². The molecule has 3 nitrogen and oxygen atoms in total. The van der Waals surface area contributed by atoms with Crippen molar-refractivity contribution in [2.75, 3.05) is 30.8 Å². The molecular weight excluding hydrogens is 212 g/mol. The van der Waals surface area contributed by atoms with Gasteiger partial charge in [0.05, 0.1) is 11.4 Å². The topological polar surface area (TPSA) is 47.3 Å². The molecule has 17 heavy (non-hydrogen) atoms. The summed E-state index contributed by atoms with van der Waals surface area (Å²) < 4.78 is 5.51. The lowest BCUT2D eigenvalue weighted by molar-refractivity contribution is 0.110. The van der Waals surface area contributed by atoms with Gasteiger partial charge in [-0.3, -0.25) is 0 Å². The maximum absolute atomic E-state index is 5.91. The number of ether oxygens (including phenoxy) is 1. The van der Waals surface area contributed by atoms with Crippen molar-refractivity contribution in [1.29, 1.82) is 0 Å². The Kier molecular flexibility index (Phi) is 5.84. The minimum Gasteiger partial charge on any atom is -0.397 e. The predicted octanol–water partition coefficient (Wildman–Crippen LogP) is 3.05. The summed E-state index contributed by atoms with van der Waals surface area (Å²) in [6.45, 7) is 8.89. The average molecular weight is 236 g/mol. The van der Waals surface area contributed by atoms with E-state index in [-0.39, 0.29) is 0 Å². The van der Waals surface area contributed by atoms with Crippen molar-refractivity contribution in [1.82, 2.24) is 0 Å². The summed E-state index contributed by atoms with van der Waals surface area (Å²) in [5.74, 6) is 0.607. The number of anilines is 2. The SMILES string of the molecule is Cc1ccc(NCCCOCC(C)C)c(N)c1. The molecule has 1 aromatic rings. The second-order valence-electron chi connectivity index (χ2n) is 4.84. The van der Waals surface area contributed by atoms with Gasteiger partial charge in [0.2, 0.25) is 0 Å². The first-order valence-corrected chi connectivity index (χ1v) is 6.27. The Balaban J connectivity index is 2.18. The van der Waals surface area contributed by atoms with E-state index in [9.17, 15) is 0 Å². The van der Waals surface area contributed by atoms with Crippen LogP contribution >= 0.6 is 0 Å². The van der Waals surface area contributed by atoms with Crippen LogP contribution in [0.1, 0.15) is 25.8 Å². The van der Waals surface area contributed by atoms with Gasteiger partial charge in [0.15, 0.2) is 0 Å². The molecule has 0 heterocycles. The van der Waals surface area contributed by atoms with E-state index in [1.807, 2.05) is 19.1 Å². The molecule has 3 heteroatoms. The lowest BCUT2D eigenvalue weighted by Gasteiger charge is -2.10. The Morgan fingerprint density at radius 2 is 2.12 bits per heavy atom. The summed E-state index contributed by atoms with van der Waals surface area (Å²) in [4.78, 5) is 0. The lowest BCUT2D eigenvalue weighted by atomic mass is 10.2. The van der Waals surface area contributed by atoms with Gasteiger partial charge in [0.1, 0.15) is 0 Å². The average Bonchev–Trinajstić information content (AvgIpc) is 2.25. The maximum Gasteiger partial charge on any atom is 0.0574 e. The minimum absolute atomic E-state index is 0.607. The highest BCUT2D eigenvalue weighted by atomic mass is 16.5. The molecule has 0 atom stereocenters. The number of nitrogens with two attached hydrogens (primary N) is 1. The number of benzene rings is 1. The van der Waals surface area contributed by atoms with Crippen LogP contribution in [0, 0.1) is 12.8 Å². The molecular formula is C14H24N2O. The van der Waals surface area contributed by atoms with Gasteiger partial charge in [-0.05, 0) is 37.0 Å². The van der Waals surface area contributed by atoms with E-state index in [4.69, 9.17) is 10.5 Å². The largest absolute Gasteiger partial charge is 0.397 e. The Hall–Kier alpha value is -1.22. The lowest BCUT2D eigenvalue weighted by Crippen LogP contribution is -2.09. The van der Waals surface area contributed by atoms with Crippen molar-refractivity contribution in [3.63, 3.8) is 0 Å². The molecule has 0 unspecified atom stereocenters. The molecule has 0 aliphatic heterocycles. The summed E-state index contributed by atoms with van der Waals surface area (Å²) in [7, 11) is 0. The first-order chi connectivity index (χ1) is 8.09. The third kappa shape index (κ3) is 5.59. The smallest absolute Gasteiger partial charge is 0.0574 e. The second kappa shape index (κ2) is 7.17. The zero-order chi connectivity index (χ0) is 12.7. The molecule has 96 valence electrons. The summed E-state index contributed by atoms with van der Waals surface area (Å²) >= 11 is 0. The standard InChI is InChI=1S/C14H24N2O/c1-11(2)10-17-8-4-7-16-14-6-5-12(3)9-13(14)15/h5-6,9,11,16H,4,7-8,10,15H2,1-3H3. The first-order valence-electron chi connectivity index (χ1n) is 6.27. The predicted molar refractivity (Wildman–Crippen MR) is 74.4 cm³/mol. The molecule has 3 N–H and O–H groups in total. The van der Waals surface area contributed by atoms with E-state index in [1.165, 1.54) is 5.56 Å². The Morgan fingerprint density at radius 3 is 2.76 bits per heavy atom. The molecule has 0 aromatic heterocycles. The van der Waals surface area contributed by atoms with Crippen LogP contribution in [-0.2, 0) is 4.74 Å². The molecule has 1 rings (SSSR count). The minimum atomic E-state index is 0.607. The number of hydrogen-bond donors (Lipinski definition) is 2. The second-order valence-corrected chi connectivity index (χ2v) is 4.84. The summed E-state index contributed by atoms with van der Waals surface area (Å²) in [6.07, 6.45) is 1.00. The van der Waals surface area contributed by atoms with Crippen LogP contribution in [0.15, 0.2) is 18.2 Å². The van der Waals surface area contributed by atoms with Gasteiger partial charge in [0, 0.05) is 19.8 Å². The Bertz CT molecular complexity index is 337. The maximum atomic E-state index is 5.91. The van der Waals surface area contributed by atoms with Gasteiger partial charge < -0.3 is 15.8 Å². The fourth-order valence-corrected chi connectivity index (χ4v) is 1.56. The summed E-state index contributed by atoms with van der Waals surface area (Å²) in [5.41, 5.74) is 8.92. The molecule has 0 fully saturated rings. The molecule has 0 radical (unpaired) electrons. The molecule has 1 aromatic carbocycles. The van der Waals surface area contributed by atoms with Crippen molar-refractivity contribution >= 4 is 11.4 Å². The summed E-state index contributed by atoms with van der Waals surface area (Å²) in [5, 5.41) is 3.32. The molecule has 0 bridgehead atoms. The van der Waals surface area contributed by atoms with Crippen molar-refractivity contribution < 1.29 is 4.74 Å². The molecule has 0 aliphatic rings. The number of rotatable bonds is 7. The summed E-state index contributed by atoms with van der Waals surface area (Å²) in [6, 6.07) is 6.07. The van der Waals surface area contributed by atoms with Crippen LogP contribution in [0.4, 0.5) is 11.4 Å². The van der Waals surface area contributed by atoms with Gasteiger partial charge in [-0.25, -0.2) is 0 Å². The van der Waals surface area contributed by atoms with Crippen molar-refractivity contribution in [3.05, 3.63) is 23.8 Å². The van der Waals surface area contributed by atoms with E-state index in [0.717, 1.165) is 37.6 Å². The molecule has 0 saturated carbocycles. The van der Waals surface area contributed by atoms with Gasteiger partial charge in [-0.1, -0.05) is 19.9 Å². The van der Waals surface area contributed by atoms with Crippen molar-refractivity contribution in [3.8, 4) is 0 Å². The normalized spacial score (nSPS) is 10.8. The van der Waals surface area contributed by atoms with E-state index in [0.29, 0.717) is 5.92 Å². The Morgan fingerprint density at radius 1 is 1.35 bits per heavy atom. The van der Waals surface area contributed by atoms with E-state index in [2.05, 4.69) is 25.2 Å². The zero-order valence-corrected chi connectivity index (χ0v) is 11.1. The van der Waals surface area contributed by atoms with Crippen LogP contribution in [-0.4, -0.2) is 19.8 Å². The van der Waals surface area contributed by atoms with Crippen LogP contribution in [0.25, 0.3) is 0 Å². The van der Waals surface area contributed by atoms with Crippen LogP contribution in [0.5, 0.6) is 0 Å². The van der Waals surface area contributed by atoms with Crippen molar-refractivity contribution in [2.45, 2.75) is 27.2 Å². The molecule has 0 spiro atoms. The monoisotopic (exact) mass is 236 g/mol. The molecule has 0 amide bonds. The third-order valence-corrected chi connectivity index (χ3v) is 2.44. The van der Waals surface area contributed by atoms with E-state index < -0.39 is 0 Å². The fourth-order valence-electron chi connectivity index (χ4n) is 1.56. The highest BCUT2D eigenvalue weighted by Gasteiger charge is 1.98. The zero-order valence-electron chi connectivity index (χ0n) is 11.1. The van der Waals surface area contributed by atoms with Gasteiger partial charge in [0.25, 0.3) is 0 Å². The fraction of sp³-hybridized carbons (Fsp3) is 0.571. The van der Waals surface area contributed by atoms with Gasteiger partial charge in [-0.15, -0.1) is 0 Å². The quantitative estimate of drug-likeness (QED) is 0.565. The van der Waals surface area contributed by atoms with Gasteiger partial charge >= 0.3 is 0 Å². The van der Waals surface area contributed by atoms with Gasteiger partial charge in [-0.2, -0.15) is 0 Å². The van der Waals surface area contributed by atoms with Crippen LogP contribution < -0.4 is 11.1 Å². The van der Waals surface area contributed by atoms with Crippen molar-refractivity contribution in [2.24, 2.45) is 5.92 Å². The third-order valence-electron chi connectivity index (χ3n) is 2.44. The van der Waals surface area contributed by atoms with Crippen LogP contribution in [0.2, 0.25) is 0 Å². The first kappa shape index (κ1) is 13.8. The number of nitrogens with one attached hydrogen (secondary N) is 1. The number of nitrogen functional groups attached to an aromatic ring is 1. The Labute approximate surface area is 104 Å². The molecule has 0 aliphatic carbocycles. The van der Waals surface area contributed by atoms with E-state index in [1.54, 1.807) is 0 Å². The highest BCUT2D eigenvalue weighted by molar-refractivity contribution is 5.66. The number of hydrogen-bond acceptors (Lipinski definition) is 3. The van der Waals surface area contributed by atoms with E-state index >= 15 is 0 Å². The molecule has 0 saturated heterocycles. The number of aryl methyl sites for hydroxylation is 1. The highest BCUT2D eigenvalue weighted by Crippen LogP contribution is 2.19.